The molecule has 0 amide bonds. The molecule has 3 aromatic rings. The lowest BCUT2D eigenvalue weighted by atomic mass is 10.0. The van der Waals surface area contributed by atoms with Crippen molar-refractivity contribution >= 4 is 17.6 Å². The number of carbonyl (C=O) groups excluding carboxylic acids is 2. The van der Waals surface area contributed by atoms with E-state index in [1.54, 1.807) is 18.2 Å². The average molecular weight is 263 g/mol. The Morgan fingerprint density at radius 3 is 2.50 bits per heavy atom. The van der Waals surface area contributed by atoms with E-state index in [4.69, 9.17) is 0 Å². The van der Waals surface area contributed by atoms with E-state index in [0.717, 1.165) is 17.5 Å². The highest BCUT2D eigenvalue weighted by Gasteiger charge is 2.17. The van der Waals surface area contributed by atoms with Crippen molar-refractivity contribution in [2.45, 2.75) is 6.92 Å². The number of benzene rings is 1. The Hall–Kier alpha value is -2.68. The van der Waals surface area contributed by atoms with E-state index in [9.17, 15) is 9.59 Å². The van der Waals surface area contributed by atoms with E-state index < -0.39 is 0 Å². The van der Waals surface area contributed by atoms with Gasteiger partial charge in [-0.15, -0.1) is 0 Å². The van der Waals surface area contributed by atoms with Crippen molar-refractivity contribution in [2.75, 3.05) is 0 Å². The molecular weight excluding hydrogens is 250 g/mol. The molecule has 0 bridgehead atoms. The number of hydrogen-bond acceptors (Lipinski definition) is 2. The molecule has 0 saturated heterocycles. The third kappa shape index (κ3) is 1.84. The Kier molecular flexibility index (Phi) is 2.95. The summed E-state index contributed by atoms with van der Waals surface area (Å²) >= 11 is 0. The van der Waals surface area contributed by atoms with Crippen LogP contribution in [0, 0.1) is 6.92 Å². The number of aldehydes is 1. The van der Waals surface area contributed by atoms with Gasteiger partial charge in [-0.2, -0.15) is 0 Å². The highest BCUT2D eigenvalue weighted by atomic mass is 16.1. The van der Waals surface area contributed by atoms with Crippen LogP contribution in [0.2, 0.25) is 0 Å². The number of hydrogen-bond donors (Lipinski definition) is 0. The first kappa shape index (κ1) is 12.4. The minimum absolute atomic E-state index is 0.0678. The molecule has 0 aliphatic heterocycles. The van der Waals surface area contributed by atoms with Gasteiger partial charge in [-0.1, -0.05) is 36.4 Å². The zero-order valence-electron chi connectivity index (χ0n) is 11.0. The van der Waals surface area contributed by atoms with E-state index >= 15 is 0 Å². The molecule has 0 spiro atoms. The van der Waals surface area contributed by atoms with Gasteiger partial charge in [0, 0.05) is 16.8 Å². The summed E-state index contributed by atoms with van der Waals surface area (Å²) in [5.74, 6) is -0.0678. The Labute approximate surface area is 116 Å². The minimum Gasteiger partial charge on any atom is -0.311 e. The third-order valence-electron chi connectivity index (χ3n) is 3.41. The van der Waals surface area contributed by atoms with Gasteiger partial charge < -0.3 is 4.40 Å². The quantitative estimate of drug-likeness (QED) is 0.537. The zero-order chi connectivity index (χ0) is 14.1. The van der Waals surface area contributed by atoms with Crippen LogP contribution in [0.4, 0.5) is 0 Å². The highest BCUT2D eigenvalue weighted by Crippen LogP contribution is 2.21. The van der Waals surface area contributed by atoms with Gasteiger partial charge >= 0.3 is 0 Å². The minimum atomic E-state index is -0.0678. The standard InChI is InChI=1S/C17H13NO2/c1-12-6-5-9-16-15(10-14(11-19)18(12)16)17(20)13-7-3-2-4-8-13/h2-11H,1H3. The second-order valence-corrected chi connectivity index (χ2v) is 4.68. The first-order valence-electron chi connectivity index (χ1n) is 6.38. The number of nitrogens with zero attached hydrogens (tertiary/aromatic N) is 1. The van der Waals surface area contributed by atoms with Gasteiger partial charge in [-0.25, -0.2) is 0 Å². The molecule has 98 valence electrons. The summed E-state index contributed by atoms with van der Waals surface area (Å²) in [6.07, 6.45) is 0.780. The number of pyridine rings is 1. The first-order chi connectivity index (χ1) is 9.72. The maximum atomic E-state index is 12.6. The summed E-state index contributed by atoms with van der Waals surface area (Å²) in [6, 6.07) is 16.4. The van der Waals surface area contributed by atoms with E-state index in [-0.39, 0.29) is 5.78 Å². The molecular formula is C17H13NO2. The molecule has 3 rings (SSSR count). The Balaban J connectivity index is 2.25. The Morgan fingerprint density at radius 1 is 1.05 bits per heavy atom. The van der Waals surface area contributed by atoms with E-state index in [0.29, 0.717) is 16.8 Å². The molecule has 20 heavy (non-hydrogen) atoms. The lowest BCUT2D eigenvalue weighted by Gasteiger charge is -2.03. The number of fused-ring (bicyclic) bond motifs is 1. The van der Waals surface area contributed by atoms with Crippen LogP contribution in [0.3, 0.4) is 0 Å². The molecule has 0 radical (unpaired) electrons. The predicted molar refractivity (Wildman–Crippen MR) is 77.4 cm³/mol. The molecule has 3 heteroatoms. The summed E-state index contributed by atoms with van der Waals surface area (Å²) < 4.78 is 1.81. The van der Waals surface area contributed by atoms with Crippen LogP contribution in [-0.4, -0.2) is 16.5 Å². The van der Waals surface area contributed by atoms with Crippen LogP contribution < -0.4 is 0 Å². The lowest BCUT2D eigenvalue weighted by Crippen LogP contribution is -2.01. The van der Waals surface area contributed by atoms with Crippen LogP contribution in [0.15, 0.2) is 54.6 Å². The fourth-order valence-electron chi connectivity index (χ4n) is 2.47. The third-order valence-corrected chi connectivity index (χ3v) is 3.41. The van der Waals surface area contributed by atoms with Crippen molar-refractivity contribution in [1.82, 2.24) is 4.40 Å². The molecule has 0 atom stereocenters. The van der Waals surface area contributed by atoms with Gasteiger partial charge in [0.2, 0.25) is 0 Å². The van der Waals surface area contributed by atoms with Gasteiger partial charge in [-0.3, -0.25) is 9.59 Å². The second kappa shape index (κ2) is 4.78. The summed E-state index contributed by atoms with van der Waals surface area (Å²) in [5, 5.41) is 0. The average Bonchev–Trinajstić information content (AvgIpc) is 2.87. The second-order valence-electron chi connectivity index (χ2n) is 4.68. The summed E-state index contributed by atoms with van der Waals surface area (Å²) in [7, 11) is 0. The molecule has 2 heterocycles. The summed E-state index contributed by atoms with van der Waals surface area (Å²) in [4.78, 5) is 23.8. The molecule has 1 aromatic carbocycles. The van der Waals surface area contributed by atoms with Crippen LogP contribution in [0.1, 0.15) is 32.1 Å². The van der Waals surface area contributed by atoms with E-state index in [1.807, 2.05) is 47.7 Å². The van der Waals surface area contributed by atoms with Crippen molar-refractivity contribution in [3.05, 3.63) is 77.1 Å². The summed E-state index contributed by atoms with van der Waals surface area (Å²) in [6.45, 7) is 1.91. The highest BCUT2D eigenvalue weighted by molar-refractivity contribution is 6.14. The number of ketones is 1. The van der Waals surface area contributed by atoms with Gasteiger partial charge in [0.1, 0.15) is 0 Å². The topological polar surface area (TPSA) is 38.5 Å². The van der Waals surface area contributed by atoms with Crippen molar-refractivity contribution in [2.24, 2.45) is 0 Å². The number of aromatic nitrogens is 1. The fourth-order valence-corrected chi connectivity index (χ4v) is 2.47. The van der Waals surface area contributed by atoms with Gasteiger partial charge in [0.25, 0.3) is 0 Å². The fraction of sp³-hybridized carbons (Fsp3) is 0.0588. The zero-order valence-corrected chi connectivity index (χ0v) is 11.0. The van der Waals surface area contributed by atoms with E-state index in [1.165, 1.54) is 0 Å². The monoisotopic (exact) mass is 263 g/mol. The largest absolute Gasteiger partial charge is 0.311 e. The number of rotatable bonds is 3. The smallest absolute Gasteiger partial charge is 0.195 e. The molecule has 0 saturated carbocycles. The van der Waals surface area contributed by atoms with Crippen LogP contribution in [0.5, 0.6) is 0 Å². The maximum absolute atomic E-state index is 12.6. The number of aryl methyl sites for hydroxylation is 1. The van der Waals surface area contributed by atoms with Gasteiger partial charge in [0.15, 0.2) is 12.1 Å². The van der Waals surface area contributed by atoms with Crippen LogP contribution >= 0.6 is 0 Å². The van der Waals surface area contributed by atoms with Crippen molar-refractivity contribution in [1.29, 1.82) is 0 Å². The van der Waals surface area contributed by atoms with Crippen molar-refractivity contribution in [3.8, 4) is 0 Å². The molecule has 3 nitrogen and oxygen atoms in total. The molecule has 0 fully saturated rings. The normalized spacial score (nSPS) is 10.7. The number of carbonyl (C=O) groups is 2. The molecule has 0 unspecified atom stereocenters. The summed E-state index contributed by atoms with van der Waals surface area (Å²) in [5.41, 5.74) is 3.37. The molecule has 0 aliphatic rings. The van der Waals surface area contributed by atoms with Crippen LogP contribution in [0.25, 0.3) is 5.52 Å². The lowest BCUT2D eigenvalue weighted by molar-refractivity contribution is 0.104. The van der Waals surface area contributed by atoms with Crippen LogP contribution in [-0.2, 0) is 0 Å². The molecule has 0 N–H and O–H groups in total. The Bertz CT molecular complexity index is 800. The maximum Gasteiger partial charge on any atom is 0.195 e. The first-order valence-corrected chi connectivity index (χ1v) is 6.38. The molecule has 0 aliphatic carbocycles. The van der Waals surface area contributed by atoms with Gasteiger partial charge in [0.05, 0.1) is 11.2 Å². The molecule has 2 aromatic heterocycles. The Morgan fingerprint density at radius 2 is 1.80 bits per heavy atom. The van der Waals surface area contributed by atoms with Crippen molar-refractivity contribution in [3.63, 3.8) is 0 Å². The van der Waals surface area contributed by atoms with Crippen molar-refractivity contribution < 1.29 is 9.59 Å². The van der Waals surface area contributed by atoms with Gasteiger partial charge in [-0.05, 0) is 25.1 Å². The SMILES string of the molecule is Cc1cccc2c(C(=O)c3ccccc3)cc(C=O)n12. The predicted octanol–water partition coefficient (Wildman–Crippen LogP) is 3.29. The van der Waals surface area contributed by atoms with E-state index in [2.05, 4.69) is 0 Å².